The van der Waals surface area contributed by atoms with E-state index in [0.717, 1.165) is 21.9 Å². The van der Waals surface area contributed by atoms with Crippen molar-refractivity contribution in [1.29, 1.82) is 0 Å². The molecule has 0 unspecified atom stereocenters. The van der Waals surface area contributed by atoms with E-state index in [1.54, 1.807) is 6.07 Å². The zero-order chi connectivity index (χ0) is 9.54. The van der Waals surface area contributed by atoms with Crippen molar-refractivity contribution in [3.63, 3.8) is 0 Å². The van der Waals surface area contributed by atoms with Crippen molar-refractivity contribution in [1.82, 2.24) is 0 Å². The van der Waals surface area contributed by atoms with E-state index in [4.69, 9.17) is 10.2 Å². The molecule has 3 rings (SSSR count). The molecule has 0 amide bonds. The lowest BCUT2D eigenvalue weighted by Crippen LogP contribution is -1.81. The molecule has 14 heavy (non-hydrogen) atoms. The van der Waals surface area contributed by atoms with Crippen LogP contribution in [-0.4, -0.2) is 0 Å². The fraction of sp³-hybridized carbons (Fsp3) is 0. The summed E-state index contributed by atoms with van der Waals surface area (Å²) in [7, 11) is 0. The number of para-hydroxylation sites is 1. The second-order valence-corrected chi connectivity index (χ2v) is 3.27. The van der Waals surface area contributed by atoms with Gasteiger partial charge in [0.05, 0.1) is 0 Å². The summed E-state index contributed by atoms with van der Waals surface area (Å²) in [5, 5.41) is 2.08. The highest BCUT2D eigenvalue weighted by Gasteiger charge is 2.05. The summed E-state index contributed by atoms with van der Waals surface area (Å²) in [6.07, 6.45) is 0. The number of fused-ring (bicyclic) bond motifs is 3. The van der Waals surface area contributed by atoms with Crippen LogP contribution in [0.5, 0.6) is 0 Å². The fourth-order valence-electron chi connectivity index (χ4n) is 1.66. The molecule has 2 aromatic carbocycles. The van der Waals surface area contributed by atoms with E-state index in [-0.39, 0.29) is 0 Å². The molecule has 2 nitrogen and oxygen atoms in total. The third kappa shape index (κ3) is 0.909. The Hall–Kier alpha value is -1.96. The van der Waals surface area contributed by atoms with Gasteiger partial charge < -0.3 is 10.2 Å². The van der Waals surface area contributed by atoms with E-state index in [1.807, 2.05) is 30.3 Å². The van der Waals surface area contributed by atoms with Crippen molar-refractivity contribution in [2.45, 2.75) is 0 Å². The van der Waals surface area contributed by atoms with Crippen LogP contribution in [0.3, 0.4) is 0 Å². The van der Waals surface area contributed by atoms with Gasteiger partial charge in [-0.25, -0.2) is 0 Å². The van der Waals surface area contributed by atoms with E-state index >= 15 is 0 Å². The van der Waals surface area contributed by atoms with Crippen molar-refractivity contribution in [2.24, 2.45) is 0 Å². The lowest BCUT2D eigenvalue weighted by Gasteiger charge is -1.90. The third-order valence-corrected chi connectivity index (χ3v) is 2.30. The molecule has 2 N–H and O–H groups in total. The SMILES string of the molecule is Nc1c[c]c2c(c1)oc1ccccc12. The average molecular weight is 182 g/mol. The Kier molecular flexibility index (Phi) is 1.34. The molecule has 3 aromatic rings. The van der Waals surface area contributed by atoms with Crippen LogP contribution in [0.15, 0.2) is 40.8 Å². The lowest BCUT2D eigenvalue weighted by atomic mass is 10.1. The van der Waals surface area contributed by atoms with Gasteiger partial charge in [0.25, 0.3) is 0 Å². The molecule has 0 aliphatic heterocycles. The van der Waals surface area contributed by atoms with Crippen LogP contribution in [0.1, 0.15) is 0 Å². The highest BCUT2D eigenvalue weighted by Crippen LogP contribution is 2.28. The summed E-state index contributed by atoms with van der Waals surface area (Å²) < 4.78 is 5.62. The fourth-order valence-corrected chi connectivity index (χ4v) is 1.66. The first-order valence-corrected chi connectivity index (χ1v) is 4.43. The molecular weight excluding hydrogens is 174 g/mol. The van der Waals surface area contributed by atoms with Crippen molar-refractivity contribution < 1.29 is 4.42 Å². The lowest BCUT2D eigenvalue weighted by molar-refractivity contribution is 0.669. The maximum absolute atomic E-state index is 5.65. The third-order valence-electron chi connectivity index (χ3n) is 2.30. The van der Waals surface area contributed by atoms with Gasteiger partial charge in [0.15, 0.2) is 0 Å². The summed E-state index contributed by atoms with van der Waals surface area (Å²) in [5.74, 6) is 0. The second kappa shape index (κ2) is 2.51. The number of nitrogen functional groups attached to an aromatic ring is 1. The quantitative estimate of drug-likeness (QED) is 0.543. The molecule has 0 saturated heterocycles. The molecular formula is C12H8NO. The molecule has 1 aromatic heterocycles. The van der Waals surface area contributed by atoms with E-state index in [2.05, 4.69) is 6.07 Å². The minimum atomic E-state index is 0.677. The number of rotatable bonds is 0. The largest absolute Gasteiger partial charge is 0.456 e. The first kappa shape index (κ1) is 7.44. The van der Waals surface area contributed by atoms with Crippen LogP contribution in [0.2, 0.25) is 0 Å². The summed E-state index contributed by atoms with van der Waals surface area (Å²) in [5.41, 5.74) is 8.01. The van der Waals surface area contributed by atoms with E-state index in [9.17, 15) is 0 Å². The van der Waals surface area contributed by atoms with Crippen LogP contribution >= 0.6 is 0 Å². The first-order chi connectivity index (χ1) is 6.84. The number of benzene rings is 2. The zero-order valence-corrected chi connectivity index (χ0v) is 7.45. The number of hydrogen-bond donors (Lipinski definition) is 1. The second-order valence-electron chi connectivity index (χ2n) is 3.27. The highest BCUT2D eigenvalue weighted by molar-refractivity contribution is 6.05. The first-order valence-electron chi connectivity index (χ1n) is 4.43. The summed E-state index contributed by atoms with van der Waals surface area (Å²) in [4.78, 5) is 0. The molecule has 1 radical (unpaired) electrons. The van der Waals surface area contributed by atoms with Crippen LogP contribution in [0.4, 0.5) is 5.69 Å². The van der Waals surface area contributed by atoms with Gasteiger partial charge in [-0.15, -0.1) is 0 Å². The van der Waals surface area contributed by atoms with Gasteiger partial charge in [0, 0.05) is 22.5 Å². The normalized spacial score (nSPS) is 11.1. The summed E-state index contributed by atoms with van der Waals surface area (Å²) >= 11 is 0. The molecule has 0 fully saturated rings. The molecule has 1 heterocycles. The molecule has 0 atom stereocenters. The number of furan rings is 1. The molecule has 67 valence electrons. The van der Waals surface area contributed by atoms with Crippen molar-refractivity contribution in [3.8, 4) is 0 Å². The predicted octanol–water partition coefficient (Wildman–Crippen LogP) is 2.97. The minimum absolute atomic E-state index is 0.677. The van der Waals surface area contributed by atoms with E-state index < -0.39 is 0 Å². The van der Waals surface area contributed by atoms with Crippen LogP contribution < -0.4 is 5.73 Å². The van der Waals surface area contributed by atoms with Crippen molar-refractivity contribution in [3.05, 3.63) is 42.5 Å². The molecule has 0 aliphatic rings. The Morgan fingerprint density at radius 3 is 2.93 bits per heavy atom. The van der Waals surface area contributed by atoms with Crippen LogP contribution in [-0.2, 0) is 0 Å². The highest BCUT2D eigenvalue weighted by atomic mass is 16.3. The van der Waals surface area contributed by atoms with Gasteiger partial charge in [0.2, 0.25) is 0 Å². The Morgan fingerprint density at radius 2 is 2.00 bits per heavy atom. The summed E-state index contributed by atoms with van der Waals surface area (Å²) in [6, 6.07) is 14.6. The zero-order valence-electron chi connectivity index (χ0n) is 7.45. The molecule has 0 saturated carbocycles. The maximum atomic E-state index is 5.65. The maximum Gasteiger partial charge on any atom is 0.138 e. The number of anilines is 1. The van der Waals surface area contributed by atoms with Crippen molar-refractivity contribution in [2.75, 3.05) is 5.73 Å². The monoisotopic (exact) mass is 182 g/mol. The number of hydrogen-bond acceptors (Lipinski definition) is 2. The van der Waals surface area contributed by atoms with Gasteiger partial charge in [-0.1, -0.05) is 18.2 Å². The van der Waals surface area contributed by atoms with Gasteiger partial charge in [-0.3, -0.25) is 0 Å². The van der Waals surface area contributed by atoms with E-state index in [0.29, 0.717) is 5.69 Å². The summed E-state index contributed by atoms with van der Waals surface area (Å²) in [6.45, 7) is 0. The predicted molar refractivity (Wildman–Crippen MR) is 57.0 cm³/mol. The Bertz CT molecular complexity index is 610. The molecule has 0 spiro atoms. The molecule has 0 aliphatic carbocycles. The Morgan fingerprint density at radius 1 is 1.14 bits per heavy atom. The average Bonchev–Trinajstić information content (AvgIpc) is 2.54. The topological polar surface area (TPSA) is 39.2 Å². The standard InChI is InChI=1S/C12H8NO/c13-8-5-6-10-9-3-1-2-4-11(9)14-12(10)7-8/h1-5,7H,13H2. The van der Waals surface area contributed by atoms with Gasteiger partial charge in [0.1, 0.15) is 11.2 Å². The minimum Gasteiger partial charge on any atom is -0.456 e. The molecule has 0 bridgehead atoms. The van der Waals surface area contributed by atoms with Gasteiger partial charge in [-0.05, 0) is 18.2 Å². The van der Waals surface area contributed by atoms with E-state index in [1.165, 1.54) is 0 Å². The van der Waals surface area contributed by atoms with Gasteiger partial charge in [-0.2, -0.15) is 0 Å². The van der Waals surface area contributed by atoms with Gasteiger partial charge >= 0.3 is 0 Å². The van der Waals surface area contributed by atoms with Crippen molar-refractivity contribution >= 4 is 27.6 Å². The van der Waals surface area contributed by atoms with Crippen LogP contribution in [0, 0.1) is 6.07 Å². The number of nitrogens with two attached hydrogens (primary N) is 1. The smallest absolute Gasteiger partial charge is 0.138 e. The van der Waals surface area contributed by atoms with Crippen LogP contribution in [0.25, 0.3) is 21.9 Å². The Balaban J connectivity index is 2.57. The Labute approximate surface area is 80.9 Å². The molecule has 2 heteroatoms.